The summed E-state index contributed by atoms with van der Waals surface area (Å²) in [5.74, 6) is 1.18. The summed E-state index contributed by atoms with van der Waals surface area (Å²) < 4.78 is 0. The molecule has 2 aromatic rings. The third-order valence-electron chi connectivity index (χ3n) is 4.36. The quantitative estimate of drug-likeness (QED) is 0.853. The average molecular weight is 316 g/mol. The second-order valence-electron chi connectivity index (χ2n) is 5.55. The first kappa shape index (κ1) is 14.7. The van der Waals surface area contributed by atoms with Crippen molar-refractivity contribution < 1.29 is 0 Å². The van der Waals surface area contributed by atoms with Crippen LogP contribution in [0.5, 0.6) is 0 Å². The van der Waals surface area contributed by atoms with E-state index in [0.717, 1.165) is 17.5 Å². The molecular weight excluding hydrogens is 296 g/mol. The van der Waals surface area contributed by atoms with Crippen LogP contribution in [0.1, 0.15) is 19.4 Å². The smallest absolute Gasteiger partial charge is 0.104 e. The first-order valence-electron chi connectivity index (χ1n) is 7.29. The van der Waals surface area contributed by atoms with Gasteiger partial charge in [-0.1, -0.05) is 43.4 Å². The van der Waals surface area contributed by atoms with Crippen LogP contribution in [0.25, 0.3) is 10.8 Å². The number of rotatable bonds is 2. The molecule has 1 fully saturated rings. The summed E-state index contributed by atoms with van der Waals surface area (Å²) >= 11 is 7.25. The molecule has 4 heteroatoms. The van der Waals surface area contributed by atoms with Crippen LogP contribution in [0.3, 0.4) is 0 Å². The molecule has 1 aliphatic rings. The number of hydrogen-bond acceptors (Lipinski definition) is 3. The molecule has 21 heavy (non-hydrogen) atoms. The van der Waals surface area contributed by atoms with Crippen LogP contribution < -0.4 is 10.6 Å². The van der Waals surface area contributed by atoms with Gasteiger partial charge in [-0.25, -0.2) is 0 Å². The van der Waals surface area contributed by atoms with Gasteiger partial charge in [0.2, 0.25) is 0 Å². The number of anilines is 1. The fourth-order valence-corrected chi connectivity index (χ4v) is 4.30. The van der Waals surface area contributed by atoms with Gasteiger partial charge >= 0.3 is 0 Å². The zero-order valence-electron chi connectivity index (χ0n) is 12.4. The molecule has 2 nitrogen and oxygen atoms in total. The predicted molar refractivity (Wildman–Crippen MR) is 98.6 cm³/mol. The van der Waals surface area contributed by atoms with Crippen LogP contribution in [-0.2, 0) is 0 Å². The molecular formula is C17H20N2S2. The number of fused-ring (bicyclic) bond motifs is 1. The van der Waals surface area contributed by atoms with Gasteiger partial charge in [-0.3, -0.25) is 0 Å². The summed E-state index contributed by atoms with van der Waals surface area (Å²) in [7, 11) is 0. The molecule has 0 bridgehead atoms. The van der Waals surface area contributed by atoms with E-state index < -0.39 is 0 Å². The lowest BCUT2D eigenvalue weighted by atomic mass is 10.0. The third-order valence-corrected chi connectivity index (χ3v) is 5.92. The van der Waals surface area contributed by atoms with Gasteiger partial charge in [0.05, 0.1) is 0 Å². The summed E-state index contributed by atoms with van der Waals surface area (Å²) in [6, 6.07) is 13.2. The highest BCUT2D eigenvalue weighted by Gasteiger charge is 2.26. The lowest BCUT2D eigenvalue weighted by Gasteiger charge is -2.40. The maximum atomic E-state index is 5.87. The van der Waals surface area contributed by atoms with Crippen molar-refractivity contribution in [3.05, 3.63) is 42.0 Å². The molecule has 1 heterocycles. The SMILES string of the molecule is CC1SCCN(c2ccc(C(N)=S)c3ccccc23)C1C. The average Bonchev–Trinajstić information content (AvgIpc) is 2.49. The Labute approximate surface area is 135 Å². The summed E-state index contributed by atoms with van der Waals surface area (Å²) in [6.45, 7) is 5.72. The van der Waals surface area contributed by atoms with Crippen LogP contribution in [0, 0.1) is 0 Å². The molecule has 2 aromatic carbocycles. The van der Waals surface area contributed by atoms with E-state index in [0.29, 0.717) is 16.3 Å². The van der Waals surface area contributed by atoms with Gasteiger partial charge in [0, 0.05) is 40.2 Å². The van der Waals surface area contributed by atoms with Gasteiger partial charge in [-0.05, 0) is 24.4 Å². The number of thiocarbonyl (C=S) groups is 1. The van der Waals surface area contributed by atoms with Gasteiger partial charge < -0.3 is 10.6 Å². The standard InChI is InChI=1S/C17H20N2S2/c1-11-12(2)21-10-9-19(11)16-8-7-15(17(18)20)13-5-3-4-6-14(13)16/h3-8,11-12H,9-10H2,1-2H3,(H2,18,20). The summed E-state index contributed by atoms with van der Waals surface area (Å²) in [5.41, 5.74) is 8.14. The highest BCUT2D eigenvalue weighted by molar-refractivity contribution is 8.00. The Morgan fingerprint density at radius 3 is 2.62 bits per heavy atom. The van der Waals surface area contributed by atoms with Crippen LogP contribution in [0.15, 0.2) is 36.4 Å². The lowest BCUT2D eigenvalue weighted by Crippen LogP contribution is -2.44. The first-order chi connectivity index (χ1) is 10.1. The van der Waals surface area contributed by atoms with Crippen LogP contribution in [0.4, 0.5) is 5.69 Å². The van der Waals surface area contributed by atoms with Crippen molar-refractivity contribution in [2.75, 3.05) is 17.2 Å². The summed E-state index contributed by atoms with van der Waals surface area (Å²) in [6.07, 6.45) is 0. The monoisotopic (exact) mass is 316 g/mol. The molecule has 2 unspecified atom stereocenters. The molecule has 0 radical (unpaired) electrons. The number of thioether (sulfide) groups is 1. The maximum Gasteiger partial charge on any atom is 0.104 e. The van der Waals surface area contributed by atoms with E-state index in [2.05, 4.69) is 60.8 Å². The summed E-state index contributed by atoms with van der Waals surface area (Å²) in [5, 5.41) is 3.04. The zero-order valence-corrected chi connectivity index (χ0v) is 14.0. The van der Waals surface area contributed by atoms with E-state index in [4.69, 9.17) is 18.0 Å². The van der Waals surface area contributed by atoms with Crippen LogP contribution in [-0.4, -0.2) is 28.6 Å². The van der Waals surface area contributed by atoms with Crippen molar-refractivity contribution in [1.29, 1.82) is 0 Å². The minimum Gasteiger partial charge on any atom is -0.389 e. The van der Waals surface area contributed by atoms with Crippen molar-refractivity contribution in [3.63, 3.8) is 0 Å². The highest BCUT2D eigenvalue weighted by atomic mass is 32.2. The normalized spacial score (nSPS) is 22.5. The number of hydrogen-bond donors (Lipinski definition) is 1. The second-order valence-corrected chi connectivity index (χ2v) is 7.48. The van der Waals surface area contributed by atoms with Crippen LogP contribution >= 0.6 is 24.0 Å². The molecule has 2 atom stereocenters. The Morgan fingerprint density at radius 2 is 1.90 bits per heavy atom. The van der Waals surface area contributed by atoms with E-state index >= 15 is 0 Å². The fraction of sp³-hybridized carbons (Fsp3) is 0.353. The predicted octanol–water partition coefficient (Wildman–Crippen LogP) is 3.80. The Bertz CT molecular complexity index is 684. The van der Waals surface area contributed by atoms with Crippen molar-refractivity contribution >= 4 is 45.4 Å². The molecule has 0 spiro atoms. The number of nitrogens with two attached hydrogens (primary N) is 1. The molecule has 0 saturated carbocycles. The van der Waals surface area contributed by atoms with Crippen molar-refractivity contribution in [3.8, 4) is 0 Å². The fourth-order valence-electron chi connectivity index (χ4n) is 3.02. The van der Waals surface area contributed by atoms with Crippen molar-refractivity contribution in [1.82, 2.24) is 0 Å². The zero-order chi connectivity index (χ0) is 15.0. The molecule has 110 valence electrons. The maximum absolute atomic E-state index is 5.87. The largest absolute Gasteiger partial charge is 0.389 e. The minimum atomic E-state index is 0.466. The van der Waals surface area contributed by atoms with Crippen molar-refractivity contribution in [2.24, 2.45) is 5.73 Å². The molecule has 3 rings (SSSR count). The minimum absolute atomic E-state index is 0.466. The Balaban J connectivity index is 2.16. The number of benzene rings is 2. The topological polar surface area (TPSA) is 29.3 Å². The van der Waals surface area contributed by atoms with Gasteiger partial charge in [0.1, 0.15) is 4.99 Å². The summed E-state index contributed by atoms with van der Waals surface area (Å²) in [4.78, 5) is 2.99. The number of nitrogens with zero attached hydrogens (tertiary/aromatic N) is 1. The second kappa shape index (κ2) is 5.85. The van der Waals surface area contributed by atoms with E-state index in [-0.39, 0.29) is 0 Å². The molecule has 0 amide bonds. The van der Waals surface area contributed by atoms with E-state index in [1.165, 1.54) is 16.8 Å². The van der Waals surface area contributed by atoms with Gasteiger partial charge in [0.15, 0.2) is 0 Å². The molecule has 0 aliphatic carbocycles. The Hall–Kier alpha value is -1.26. The molecule has 1 saturated heterocycles. The highest BCUT2D eigenvalue weighted by Crippen LogP contribution is 2.35. The van der Waals surface area contributed by atoms with E-state index in [1.807, 2.05) is 6.07 Å². The van der Waals surface area contributed by atoms with Gasteiger partial charge in [-0.15, -0.1) is 0 Å². The first-order valence-corrected chi connectivity index (χ1v) is 8.75. The Morgan fingerprint density at radius 1 is 1.19 bits per heavy atom. The van der Waals surface area contributed by atoms with E-state index in [1.54, 1.807) is 0 Å². The lowest BCUT2D eigenvalue weighted by molar-refractivity contribution is 0.629. The van der Waals surface area contributed by atoms with Crippen LogP contribution in [0.2, 0.25) is 0 Å². The van der Waals surface area contributed by atoms with E-state index in [9.17, 15) is 0 Å². The Kier molecular flexibility index (Phi) is 4.09. The molecule has 2 N–H and O–H groups in total. The van der Waals surface area contributed by atoms with Gasteiger partial charge in [0.25, 0.3) is 0 Å². The third kappa shape index (κ3) is 2.62. The van der Waals surface area contributed by atoms with Gasteiger partial charge in [-0.2, -0.15) is 11.8 Å². The molecule has 1 aliphatic heterocycles. The van der Waals surface area contributed by atoms with Crippen molar-refractivity contribution in [2.45, 2.75) is 25.1 Å². The molecule has 0 aromatic heterocycles.